The number of hydrogen-bond donors (Lipinski definition) is 2. The van der Waals surface area contributed by atoms with Crippen molar-refractivity contribution in [1.29, 1.82) is 0 Å². The Morgan fingerprint density at radius 3 is 2.64 bits per heavy atom. The van der Waals surface area contributed by atoms with Crippen molar-refractivity contribution in [2.24, 2.45) is 0 Å². The smallest absolute Gasteiger partial charge is 0.244 e. The standard InChI is InChI=1S/C14H18N4O3S/c1-3-15-14(19)11(2)17-22(20,21)13-9-16-18(10-13)12-7-5-4-6-8-12/h4-11,17H,3H2,1-2H3,(H,15,19)/t11-/m1/s1. The number of carbonyl (C=O) groups is 1. The lowest BCUT2D eigenvalue weighted by Gasteiger charge is -2.12. The summed E-state index contributed by atoms with van der Waals surface area (Å²) in [5, 5.41) is 6.60. The van der Waals surface area contributed by atoms with E-state index in [0.29, 0.717) is 6.54 Å². The first-order valence-electron chi connectivity index (χ1n) is 6.84. The molecule has 2 aromatic rings. The highest BCUT2D eigenvalue weighted by atomic mass is 32.2. The van der Waals surface area contributed by atoms with Gasteiger partial charge in [0, 0.05) is 6.54 Å². The maximum Gasteiger partial charge on any atom is 0.244 e. The molecule has 8 heteroatoms. The Morgan fingerprint density at radius 1 is 1.32 bits per heavy atom. The minimum absolute atomic E-state index is 0.00695. The van der Waals surface area contributed by atoms with Crippen LogP contribution in [0.2, 0.25) is 0 Å². The van der Waals surface area contributed by atoms with Crippen molar-refractivity contribution in [3.8, 4) is 5.69 Å². The van der Waals surface area contributed by atoms with Crippen LogP contribution in [0.4, 0.5) is 0 Å². The Kier molecular flexibility index (Phi) is 4.94. The lowest BCUT2D eigenvalue weighted by atomic mass is 10.3. The maximum absolute atomic E-state index is 12.3. The second kappa shape index (κ2) is 6.71. The quantitative estimate of drug-likeness (QED) is 0.818. The number of amides is 1. The predicted octanol–water partition coefficient (Wildman–Crippen LogP) is 0.675. The molecule has 0 saturated heterocycles. The van der Waals surface area contributed by atoms with Crippen molar-refractivity contribution in [2.45, 2.75) is 24.8 Å². The van der Waals surface area contributed by atoms with Crippen LogP contribution in [0.5, 0.6) is 0 Å². The van der Waals surface area contributed by atoms with Gasteiger partial charge in [-0.2, -0.15) is 9.82 Å². The maximum atomic E-state index is 12.3. The van der Waals surface area contributed by atoms with Gasteiger partial charge < -0.3 is 5.32 Å². The third-order valence-corrected chi connectivity index (χ3v) is 4.46. The van der Waals surface area contributed by atoms with Gasteiger partial charge in [0.25, 0.3) is 0 Å². The molecule has 1 aromatic heterocycles. The number of para-hydroxylation sites is 1. The molecular formula is C14H18N4O3S. The van der Waals surface area contributed by atoms with E-state index in [2.05, 4.69) is 15.1 Å². The Hall–Kier alpha value is -2.19. The number of nitrogens with one attached hydrogen (secondary N) is 2. The van der Waals surface area contributed by atoms with Gasteiger partial charge in [-0.3, -0.25) is 4.79 Å². The Morgan fingerprint density at radius 2 is 2.00 bits per heavy atom. The van der Waals surface area contributed by atoms with Crippen molar-refractivity contribution in [1.82, 2.24) is 19.8 Å². The number of rotatable bonds is 6. The van der Waals surface area contributed by atoms with Crippen molar-refractivity contribution in [3.63, 3.8) is 0 Å². The van der Waals surface area contributed by atoms with Crippen molar-refractivity contribution >= 4 is 15.9 Å². The van der Waals surface area contributed by atoms with Gasteiger partial charge in [-0.25, -0.2) is 13.1 Å². The van der Waals surface area contributed by atoms with Crippen LogP contribution >= 0.6 is 0 Å². The Labute approximate surface area is 129 Å². The summed E-state index contributed by atoms with van der Waals surface area (Å²) in [6, 6.07) is 8.30. The highest BCUT2D eigenvalue weighted by molar-refractivity contribution is 7.89. The van der Waals surface area contributed by atoms with Gasteiger partial charge in [0.05, 0.1) is 24.1 Å². The van der Waals surface area contributed by atoms with Crippen LogP contribution in [-0.2, 0) is 14.8 Å². The van der Waals surface area contributed by atoms with E-state index in [-0.39, 0.29) is 10.8 Å². The normalized spacial score (nSPS) is 12.8. The number of likely N-dealkylation sites (N-methyl/N-ethyl adjacent to an activating group) is 1. The summed E-state index contributed by atoms with van der Waals surface area (Å²) in [5.74, 6) is -0.374. The van der Waals surface area contributed by atoms with Crippen LogP contribution in [0.3, 0.4) is 0 Å². The molecule has 0 fully saturated rings. The van der Waals surface area contributed by atoms with Gasteiger partial charge in [-0.05, 0) is 26.0 Å². The van der Waals surface area contributed by atoms with Gasteiger partial charge in [0.2, 0.25) is 15.9 Å². The summed E-state index contributed by atoms with van der Waals surface area (Å²) in [5.41, 5.74) is 0.751. The largest absolute Gasteiger partial charge is 0.355 e. The van der Waals surface area contributed by atoms with E-state index in [4.69, 9.17) is 0 Å². The second-order valence-electron chi connectivity index (χ2n) is 4.69. The zero-order valence-electron chi connectivity index (χ0n) is 12.4. The molecule has 1 amide bonds. The molecule has 0 aliphatic carbocycles. The molecule has 0 spiro atoms. The van der Waals surface area contributed by atoms with Gasteiger partial charge in [0.15, 0.2) is 0 Å². The van der Waals surface area contributed by atoms with Gasteiger partial charge in [-0.1, -0.05) is 18.2 Å². The lowest BCUT2D eigenvalue weighted by Crippen LogP contribution is -2.44. The molecule has 0 saturated carbocycles. The number of hydrogen-bond acceptors (Lipinski definition) is 4. The molecule has 1 aromatic carbocycles. The van der Waals surface area contributed by atoms with E-state index in [1.54, 1.807) is 6.92 Å². The molecular weight excluding hydrogens is 304 g/mol. The molecule has 7 nitrogen and oxygen atoms in total. The van der Waals surface area contributed by atoms with Crippen LogP contribution in [0.1, 0.15) is 13.8 Å². The monoisotopic (exact) mass is 322 g/mol. The van der Waals surface area contributed by atoms with E-state index in [9.17, 15) is 13.2 Å². The SMILES string of the molecule is CCNC(=O)[C@@H](C)NS(=O)(=O)c1cnn(-c2ccccc2)c1. The van der Waals surface area contributed by atoms with Crippen molar-refractivity contribution < 1.29 is 13.2 Å². The Bertz CT molecular complexity index is 740. The molecule has 1 atom stereocenters. The molecule has 0 radical (unpaired) electrons. The first kappa shape index (κ1) is 16.2. The fourth-order valence-corrected chi connectivity index (χ4v) is 2.98. The summed E-state index contributed by atoms with van der Waals surface area (Å²) in [6.07, 6.45) is 2.65. The molecule has 0 unspecified atom stereocenters. The third-order valence-electron chi connectivity index (χ3n) is 2.97. The number of carbonyl (C=O) groups excluding carboxylic acids is 1. The lowest BCUT2D eigenvalue weighted by molar-refractivity contribution is -0.122. The van der Waals surface area contributed by atoms with Crippen molar-refractivity contribution in [3.05, 3.63) is 42.7 Å². The van der Waals surface area contributed by atoms with E-state index in [1.165, 1.54) is 24.0 Å². The summed E-state index contributed by atoms with van der Waals surface area (Å²) in [7, 11) is -3.80. The van der Waals surface area contributed by atoms with Gasteiger partial charge in [0.1, 0.15) is 4.90 Å². The highest BCUT2D eigenvalue weighted by Crippen LogP contribution is 2.12. The summed E-state index contributed by atoms with van der Waals surface area (Å²) < 4.78 is 28.3. The third kappa shape index (κ3) is 3.71. The molecule has 2 rings (SSSR count). The predicted molar refractivity (Wildman–Crippen MR) is 82.0 cm³/mol. The topological polar surface area (TPSA) is 93.1 Å². The first-order chi connectivity index (χ1) is 10.4. The molecule has 22 heavy (non-hydrogen) atoms. The average Bonchev–Trinajstić information content (AvgIpc) is 2.98. The van der Waals surface area contributed by atoms with E-state index >= 15 is 0 Å². The number of benzene rings is 1. The number of sulfonamides is 1. The summed E-state index contributed by atoms with van der Waals surface area (Å²) >= 11 is 0. The zero-order chi connectivity index (χ0) is 16.2. The van der Waals surface area contributed by atoms with E-state index in [0.717, 1.165) is 5.69 Å². The second-order valence-corrected chi connectivity index (χ2v) is 6.41. The van der Waals surface area contributed by atoms with E-state index in [1.807, 2.05) is 30.3 Å². The molecule has 0 aliphatic heterocycles. The van der Waals surface area contributed by atoms with Crippen LogP contribution in [0, 0.1) is 0 Å². The fraction of sp³-hybridized carbons (Fsp3) is 0.286. The molecule has 2 N–H and O–H groups in total. The fourth-order valence-electron chi connectivity index (χ4n) is 1.85. The molecule has 118 valence electrons. The zero-order valence-corrected chi connectivity index (χ0v) is 13.2. The molecule has 0 aliphatic rings. The van der Waals surface area contributed by atoms with E-state index < -0.39 is 16.1 Å². The number of nitrogens with zero attached hydrogens (tertiary/aromatic N) is 2. The van der Waals surface area contributed by atoms with Crippen LogP contribution in [0.15, 0.2) is 47.6 Å². The summed E-state index contributed by atoms with van der Waals surface area (Å²) in [4.78, 5) is 11.6. The summed E-state index contributed by atoms with van der Waals surface area (Å²) in [6.45, 7) is 3.70. The van der Waals surface area contributed by atoms with Gasteiger partial charge in [-0.15, -0.1) is 0 Å². The van der Waals surface area contributed by atoms with Gasteiger partial charge >= 0.3 is 0 Å². The highest BCUT2D eigenvalue weighted by Gasteiger charge is 2.23. The van der Waals surface area contributed by atoms with Crippen LogP contribution in [0.25, 0.3) is 5.69 Å². The first-order valence-corrected chi connectivity index (χ1v) is 8.32. The average molecular weight is 322 g/mol. The van der Waals surface area contributed by atoms with Crippen molar-refractivity contribution in [2.75, 3.05) is 6.54 Å². The van der Waals surface area contributed by atoms with Crippen LogP contribution in [-0.4, -0.2) is 36.7 Å². The minimum atomic E-state index is -3.80. The molecule has 0 bridgehead atoms. The molecule has 1 heterocycles. The number of aromatic nitrogens is 2. The van der Waals surface area contributed by atoms with Crippen LogP contribution < -0.4 is 10.0 Å². The minimum Gasteiger partial charge on any atom is -0.355 e. The Balaban J connectivity index is 2.17.